The monoisotopic (exact) mass is 381 g/mol. The van der Waals surface area contributed by atoms with E-state index in [0.717, 1.165) is 60.1 Å². The van der Waals surface area contributed by atoms with Gasteiger partial charge in [-0.2, -0.15) is 0 Å². The second-order valence-corrected chi connectivity index (χ2v) is 8.43. The van der Waals surface area contributed by atoms with Gasteiger partial charge in [0.1, 0.15) is 0 Å². The molecule has 1 aliphatic heterocycles. The van der Waals surface area contributed by atoms with Crippen LogP contribution in [0.15, 0.2) is 34.7 Å². The van der Waals surface area contributed by atoms with Gasteiger partial charge in [0.15, 0.2) is 5.13 Å². The van der Waals surface area contributed by atoms with E-state index < -0.39 is 0 Å². The number of aromatic nitrogens is 3. The van der Waals surface area contributed by atoms with Crippen LogP contribution in [0.3, 0.4) is 0 Å². The zero-order valence-electron chi connectivity index (χ0n) is 15.5. The van der Waals surface area contributed by atoms with E-state index in [-0.39, 0.29) is 5.56 Å². The Balaban J connectivity index is 1.34. The summed E-state index contributed by atoms with van der Waals surface area (Å²) < 4.78 is 1.77. The van der Waals surface area contributed by atoms with Gasteiger partial charge in [-0.3, -0.25) is 9.36 Å². The third-order valence-corrected chi connectivity index (χ3v) is 6.50. The SMILES string of the molecule is Cc1csc(N2CCN(c3ccc4c(=O)n(CC5CC5)cnc4c3)CC2)n1. The highest BCUT2D eigenvalue weighted by Gasteiger charge is 2.23. The first-order valence-corrected chi connectivity index (χ1v) is 10.5. The van der Waals surface area contributed by atoms with Crippen molar-refractivity contribution < 1.29 is 0 Å². The molecule has 0 spiro atoms. The van der Waals surface area contributed by atoms with Crippen molar-refractivity contribution in [3.63, 3.8) is 0 Å². The molecule has 0 unspecified atom stereocenters. The second-order valence-electron chi connectivity index (χ2n) is 7.59. The molecule has 0 radical (unpaired) electrons. The number of piperazine rings is 1. The Hall–Kier alpha value is -2.41. The molecule has 140 valence electrons. The second kappa shape index (κ2) is 6.64. The molecular weight excluding hydrogens is 358 g/mol. The summed E-state index contributed by atoms with van der Waals surface area (Å²) in [5.41, 5.74) is 3.11. The van der Waals surface area contributed by atoms with Crippen LogP contribution in [0, 0.1) is 12.8 Å². The summed E-state index contributed by atoms with van der Waals surface area (Å²) in [6.07, 6.45) is 4.18. The van der Waals surface area contributed by atoms with Gasteiger partial charge in [-0.15, -0.1) is 11.3 Å². The van der Waals surface area contributed by atoms with Crippen LogP contribution < -0.4 is 15.4 Å². The maximum absolute atomic E-state index is 12.7. The highest BCUT2D eigenvalue weighted by Crippen LogP contribution is 2.30. The van der Waals surface area contributed by atoms with Crippen molar-refractivity contribution in [3.05, 3.63) is 46.0 Å². The van der Waals surface area contributed by atoms with E-state index in [1.165, 1.54) is 12.8 Å². The topological polar surface area (TPSA) is 54.3 Å². The number of fused-ring (bicyclic) bond motifs is 1. The number of nitrogens with zero attached hydrogens (tertiary/aromatic N) is 5. The van der Waals surface area contributed by atoms with Gasteiger partial charge in [0.2, 0.25) is 0 Å². The van der Waals surface area contributed by atoms with Gasteiger partial charge >= 0.3 is 0 Å². The Morgan fingerprint density at radius 1 is 1.15 bits per heavy atom. The van der Waals surface area contributed by atoms with Crippen molar-refractivity contribution in [3.8, 4) is 0 Å². The van der Waals surface area contributed by atoms with Crippen LogP contribution in [0.25, 0.3) is 10.9 Å². The van der Waals surface area contributed by atoms with Crippen molar-refractivity contribution in [2.24, 2.45) is 5.92 Å². The number of benzene rings is 1. The molecule has 0 amide bonds. The minimum atomic E-state index is 0.0856. The van der Waals surface area contributed by atoms with Crippen molar-refractivity contribution in [2.45, 2.75) is 26.3 Å². The van der Waals surface area contributed by atoms with Crippen LogP contribution in [0.4, 0.5) is 10.8 Å². The molecule has 0 atom stereocenters. The predicted molar refractivity (Wildman–Crippen MR) is 110 cm³/mol. The lowest BCUT2D eigenvalue weighted by Gasteiger charge is -2.36. The molecule has 3 aromatic rings. The van der Waals surface area contributed by atoms with Gasteiger partial charge < -0.3 is 9.80 Å². The Labute approximate surface area is 162 Å². The van der Waals surface area contributed by atoms with E-state index in [4.69, 9.17) is 0 Å². The average molecular weight is 382 g/mol. The fourth-order valence-electron chi connectivity index (χ4n) is 3.69. The molecule has 7 heteroatoms. The zero-order valence-corrected chi connectivity index (χ0v) is 16.3. The molecule has 0 N–H and O–H groups in total. The molecule has 0 bridgehead atoms. The molecule has 5 rings (SSSR count). The first kappa shape index (κ1) is 16.7. The molecule has 1 saturated heterocycles. The minimum Gasteiger partial charge on any atom is -0.368 e. The van der Waals surface area contributed by atoms with Gasteiger partial charge in [-0.05, 0) is 43.9 Å². The number of rotatable bonds is 4. The van der Waals surface area contributed by atoms with Gasteiger partial charge in [-0.1, -0.05) is 0 Å². The summed E-state index contributed by atoms with van der Waals surface area (Å²) in [5, 5.41) is 3.94. The quantitative estimate of drug-likeness (QED) is 0.696. The van der Waals surface area contributed by atoms with E-state index in [0.29, 0.717) is 5.92 Å². The molecule has 1 aliphatic carbocycles. The molecule has 1 saturated carbocycles. The van der Waals surface area contributed by atoms with Crippen LogP contribution in [-0.2, 0) is 6.54 Å². The standard InChI is InChI=1S/C20H23N5OS/c1-14-12-27-20(22-14)24-8-6-23(7-9-24)16-4-5-17-18(10-16)21-13-25(19(17)26)11-15-2-3-15/h4-5,10,12-13,15H,2-3,6-9,11H2,1H3. The van der Waals surface area contributed by atoms with E-state index in [1.807, 2.05) is 13.0 Å². The Bertz CT molecular complexity index is 1030. The van der Waals surface area contributed by atoms with Crippen molar-refractivity contribution >= 4 is 33.1 Å². The normalized spacial score (nSPS) is 17.7. The first-order valence-electron chi connectivity index (χ1n) is 9.58. The van der Waals surface area contributed by atoms with E-state index in [1.54, 1.807) is 22.2 Å². The largest absolute Gasteiger partial charge is 0.368 e. The Morgan fingerprint density at radius 2 is 1.93 bits per heavy atom. The predicted octanol–water partition coefficient (Wildman–Crippen LogP) is 2.90. The molecule has 3 heterocycles. The molecule has 27 heavy (non-hydrogen) atoms. The molecule has 2 aliphatic rings. The van der Waals surface area contributed by atoms with Crippen molar-refractivity contribution in [1.29, 1.82) is 0 Å². The summed E-state index contributed by atoms with van der Waals surface area (Å²) in [4.78, 5) is 26.6. The summed E-state index contributed by atoms with van der Waals surface area (Å²) in [5.74, 6) is 0.666. The lowest BCUT2D eigenvalue weighted by Crippen LogP contribution is -2.46. The van der Waals surface area contributed by atoms with Gasteiger partial charge in [0.05, 0.1) is 22.9 Å². The van der Waals surface area contributed by atoms with E-state index in [2.05, 4.69) is 37.3 Å². The number of thiazole rings is 1. The number of hydrogen-bond acceptors (Lipinski definition) is 6. The van der Waals surface area contributed by atoms with Gasteiger partial charge in [0.25, 0.3) is 5.56 Å². The molecule has 6 nitrogen and oxygen atoms in total. The Kier molecular flexibility index (Phi) is 4.11. The summed E-state index contributed by atoms with van der Waals surface area (Å²) in [7, 11) is 0. The summed E-state index contributed by atoms with van der Waals surface area (Å²) in [6, 6.07) is 6.07. The number of hydrogen-bond donors (Lipinski definition) is 0. The third kappa shape index (κ3) is 3.32. The van der Waals surface area contributed by atoms with Crippen LogP contribution in [0.2, 0.25) is 0 Å². The molecule has 1 aromatic carbocycles. The van der Waals surface area contributed by atoms with Crippen molar-refractivity contribution in [2.75, 3.05) is 36.0 Å². The lowest BCUT2D eigenvalue weighted by atomic mass is 10.2. The molecule has 2 aromatic heterocycles. The third-order valence-electron chi connectivity index (χ3n) is 5.48. The van der Waals surface area contributed by atoms with Crippen LogP contribution in [0.5, 0.6) is 0 Å². The molecule has 2 fully saturated rings. The summed E-state index contributed by atoms with van der Waals surface area (Å²) in [6.45, 7) is 6.66. The average Bonchev–Trinajstić information content (AvgIpc) is 3.41. The minimum absolute atomic E-state index is 0.0856. The molecular formula is C20H23N5OS. The van der Waals surface area contributed by atoms with E-state index in [9.17, 15) is 4.79 Å². The van der Waals surface area contributed by atoms with Crippen LogP contribution in [0.1, 0.15) is 18.5 Å². The van der Waals surface area contributed by atoms with Crippen LogP contribution >= 0.6 is 11.3 Å². The van der Waals surface area contributed by atoms with Gasteiger partial charge in [-0.25, -0.2) is 9.97 Å². The maximum Gasteiger partial charge on any atom is 0.261 e. The van der Waals surface area contributed by atoms with Crippen LogP contribution in [-0.4, -0.2) is 40.7 Å². The van der Waals surface area contributed by atoms with Crippen molar-refractivity contribution in [1.82, 2.24) is 14.5 Å². The zero-order chi connectivity index (χ0) is 18.4. The first-order chi connectivity index (χ1) is 13.2. The van der Waals surface area contributed by atoms with Gasteiger partial charge in [0, 0.05) is 43.8 Å². The fourth-order valence-corrected chi connectivity index (χ4v) is 4.55. The number of aryl methyl sites for hydroxylation is 1. The Morgan fingerprint density at radius 3 is 2.63 bits per heavy atom. The number of anilines is 2. The smallest absolute Gasteiger partial charge is 0.261 e. The highest BCUT2D eigenvalue weighted by molar-refractivity contribution is 7.13. The fraction of sp³-hybridized carbons (Fsp3) is 0.450. The summed E-state index contributed by atoms with van der Waals surface area (Å²) >= 11 is 1.72. The highest BCUT2D eigenvalue weighted by atomic mass is 32.1. The van der Waals surface area contributed by atoms with E-state index >= 15 is 0 Å². The lowest BCUT2D eigenvalue weighted by molar-refractivity contribution is 0.602. The maximum atomic E-state index is 12.7.